The lowest BCUT2D eigenvalue weighted by Gasteiger charge is -2.45. The number of hydrogen-bond donors (Lipinski definition) is 0. The molecule has 24 heavy (non-hydrogen) atoms. The molecular formula is C21H26N2O. The van der Waals surface area contributed by atoms with Crippen LogP contribution in [0.4, 0.5) is 0 Å². The average Bonchev–Trinajstić information content (AvgIpc) is 2.59. The Labute approximate surface area is 144 Å². The molecule has 0 unspecified atom stereocenters. The summed E-state index contributed by atoms with van der Waals surface area (Å²) in [5, 5.41) is 0. The van der Waals surface area contributed by atoms with E-state index in [1.54, 1.807) is 0 Å². The van der Waals surface area contributed by atoms with Gasteiger partial charge in [0.1, 0.15) is 6.04 Å². The molecule has 0 aromatic heterocycles. The lowest BCUT2D eigenvalue weighted by atomic mass is 10.0. The molecule has 0 spiro atoms. The first-order valence-electron chi connectivity index (χ1n) is 8.74. The minimum atomic E-state index is 0.00385. The average molecular weight is 322 g/mol. The Kier molecular flexibility index (Phi) is 5.31. The molecular weight excluding hydrogens is 296 g/mol. The number of likely N-dealkylation sites (tertiary alicyclic amines) is 1. The maximum Gasteiger partial charge on any atom is 0.241 e. The molecule has 1 fully saturated rings. The van der Waals surface area contributed by atoms with Crippen LogP contribution in [0.25, 0.3) is 0 Å². The van der Waals surface area contributed by atoms with Crippen LogP contribution in [0.5, 0.6) is 0 Å². The van der Waals surface area contributed by atoms with E-state index in [1.807, 2.05) is 17.0 Å². The Bertz CT molecular complexity index is 613. The topological polar surface area (TPSA) is 23.6 Å². The monoisotopic (exact) mass is 322 g/mol. The van der Waals surface area contributed by atoms with E-state index in [4.69, 9.17) is 0 Å². The quantitative estimate of drug-likeness (QED) is 0.728. The van der Waals surface area contributed by atoms with Crippen molar-refractivity contribution in [3.8, 4) is 0 Å². The summed E-state index contributed by atoms with van der Waals surface area (Å²) >= 11 is 0. The highest BCUT2D eigenvalue weighted by Crippen LogP contribution is 2.22. The van der Waals surface area contributed by atoms with E-state index < -0.39 is 0 Å². The third kappa shape index (κ3) is 4.04. The van der Waals surface area contributed by atoms with Crippen LogP contribution in [0.15, 0.2) is 60.7 Å². The number of β-lactam (4-membered cyclic amide) rings is 1. The van der Waals surface area contributed by atoms with Gasteiger partial charge < -0.3 is 4.90 Å². The van der Waals surface area contributed by atoms with Gasteiger partial charge >= 0.3 is 0 Å². The minimum absolute atomic E-state index is 0.00385. The van der Waals surface area contributed by atoms with Crippen molar-refractivity contribution in [3.05, 3.63) is 71.8 Å². The summed E-state index contributed by atoms with van der Waals surface area (Å²) in [5.74, 6) is 0.794. The van der Waals surface area contributed by atoms with Gasteiger partial charge in [-0.1, -0.05) is 74.5 Å². The van der Waals surface area contributed by atoms with Gasteiger partial charge in [-0.3, -0.25) is 9.69 Å². The molecule has 1 aliphatic rings. The highest BCUT2D eigenvalue weighted by molar-refractivity contribution is 5.88. The van der Waals surface area contributed by atoms with Crippen molar-refractivity contribution < 1.29 is 4.79 Å². The van der Waals surface area contributed by atoms with Gasteiger partial charge in [-0.15, -0.1) is 0 Å². The van der Waals surface area contributed by atoms with Crippen molar-refractivity contribution in [1.82, 2.24) is 9.80 Å². The van der Waals surface area contributed by atoms with Crippen LogP contribution in [0.1, 0.15) is 25.0 Å². The van der Waals surface area contributed by atoms with E-state index in [0.29, 0.717) is 5.92 Å². The van der Waals surface area contributed by atoms with Crippen LogP contribution < -0.4 is 0 Å². The van der Waals surface area contributed by atoms with Gasteiger partial charge in [0.25, 0.3) is 0 Å². The SMILES string of the molecule is CC(C)CN1C[C@@H](N(Cc2ccccc2)Cc2ccccc2)C1=O. The third-order valence-electron chi connectivity index (χ3n) is 4.47. The zero-order valence-corrected chi connectivity index (χ0v) is 14.6. The van der Waals surface area contributed by atoms with E-state index in [2.05, 4.69) is 67.3 Å². The number of benzene rings is 2. The largest absolute Gasteiger partial charge is 0.339 e. The number of amides is 1. The van der Waals surface area contributed by atoms with Crippen LogP contribution >= 0.6 is 0 Å². The molecule has 2 aromatic rings. The maximum atomic E-state index is 12.6. The van der Waals surface area contributed by atoms with Crippen molar-refractivity contribution in [2.24, 2.45) is 5.92 Å². The van der Waals surface area contributed by atoms with E-state index in [9.17, 15) is 4.79 Å². The first-order valence-corrected chi connectivity index (χ1v) is 8.74. The summed E-state index contributed by atoms with van der Waals surface area (Å²) in [7, 11) is 0. The predicted octanol–water partition coefficient (Wildman–Crippen LogP) is 3.56. The van der Waals surface area contributed by atoms with Crippen molar-refractivity contribution in [2.45, 2.75) is 33.0 Å². The molecule has 1 amide bonds. The van der Waals surface area contributed by atoms with Crippen molar-refractivity contribution in [2.75, 3.05) is 13.1 Å². The minimum Gasteiger partial charge on any atom is -0.339 e. The van der Waals surface area contributed by atoms with Crippen LogP contribution in [0.3, 0.4) is 0 Å². The van der Waals surface area contributed by atoms with E-state index in [0.717, 1.165) is 26.2 Å². The number of carbonyl (C=O) groups excluding carboxylic acids is 1. The predicted molar refractivity (Wildman–Crippen MR) is 97.3 cm³/mol. The zero-order valence-electron chi connectivity index (χ0n) is 14.6. The van der Waals surface area contributed by atoms with Gasteiger partial charge in [0, 0.05) is 26.2 Å². The lowest BCUT2D eigenvalue weighted by Crippen LogP contribution is -2.63. The van der Waals surface area contributed by atoms with Gasteiger partial charge in [0.05, 0.1) is 0 Å². The Morgan fingerprint density at radius 2 is 1.46 bits per heavy atom. The van der Waals surface area contributed by atoms with Crippen LogP contribution in [0.2, 0.25) is 0 Å². The number of carbonyl (C=O) groups is 1. The van der Waals surface area contributed by atoms with Crippen molar-refractivity contribution in [1.29, 1.82) is 0 Å². The maximum absolute atomic E-state index is 12.6. The third-order valence-corrected chi connectivity index (χ3v) is 4.47. The molecule has 126 valence electrons. The Balaban J connectivity index is 1.72. The molecule has 0 bridgehead atoms. The second kappa shape index (κ2) is 7.63. The molecule has 1 atom stereocenters. The molecule has 3 rings (SSSR count). The molecule has 0 N–H and O–H groups in total. The molecule has 0 aliphatic carbocycles. The van der Waals surface area contributed by atoms with Crippen molar-refractivity contribution in [3.63, 3.8) is 0 Å². The van der Waals surface area contributed by atoms with Crippen molar-refractivity contribution >= 4 is 5.91 Å². The summed E-state index contributed by atoms with van der Waals surface area (Å²) in [6.45, 7) is 7.64. The lowest BCUT2D eigenvalue weighted by molar-refractivity contribution is -0.152. The highest BCUT2D eigenvalue weighted by atomic mass is 16.2. The van der Waals surface area contributed by atoms with E-state index >= 15 is 0 Å². The Morgan fingerprint density at radius 3 is 1.88 bits per heavy atom. The van der Waals surface area contributed by atoms with Crippen LogP contribution in [-0.2, 0) is 17.9 Å². The Morgan fingerprint density at radius 1 is 0.958 bits per heavy atom. The number of rotatable bonds is 7. The summed E-state index contributed by atoms with van der Waals surface area (Å²) in [5.41, 5.74) is 2.51. The van der Waals surface area contributed by atoms with E-state index in [1.165, 1.54) is 11.1 Å². The second-order valence-corrected chi connectivity index (χ2v) is 7.03. The first-order chi connectivity index (χ1) is 11.6. The summed E-state index contributed by atoms with van der Waals surface area (Å²) in [6.07, 6.45) is 0. The standard InChI is InChI=1S/C21H26N2O/c1-17(2)13-23-16-20(21(23)24)22(14-18-9-5-3-6-10-18)15-19-11-7-4-8-12-19/h3-12,17,20H,13-16H2,1-2H3/t20-/m1/s1. The van der Waals surface area contributed by atoms with E-state index in [-0.39, 0.29) is 11.9 Å². The fourth-order valence-corrected chi connectivity index (χ4v) is 3.26. The second-order valence-electron chi connectivity index (χ2n) is 7.03. The number of nitrogens with zero attached hydrogens (tertiary/aromatic N) is 2. The fourth-order valence-electron chi connectivity index (χ4n) is 3.26. The van der Waals surface area contributed by atoms with Crippen LogP contribution in [0, 0.1) is 5.92 Å². The van der Waals surface area contributed by atoms with Gasteiger partial charge in [-0.25, -0.2) is 0 Å². The molecule has 3 nitrogen and oxygen atoms in total. The van der Waals surface area contributed by atoms with Gasteiger partial charge in [-0.2, -0.15) is 0 Å². The molecule has 1 heterocycles. The normalized spacial score (nSPS) is 17.4. The fraction of sp³-hybridized carbons (Fsp3) is 0.381. The summed E-state index contributed by atoms with van der Waals surface area (Å²) in [4.78, 5) is 16.9. The molecule has 1 aliphatic heterocycles. The summed E-state index contributed by atoms with van der Waals surface area (Å²) < 4.78 is 0. The smallest absolute Gasteiger partial charge is 0.241 e. The Hall–Kier alpha value is -2.13. The number of hydrogen-bond acceptors (Lipinski definition) is 2. The van der Waals surface area contributed by atoms with Gasteiger partial charge in [0.2, 0.25) is 5.91 Å². The van der Waals surface area contributed by atoms with Crippen LogP contribution in [-0.4, -0.2) is 34.8 Å². The molecule has 0 saturated carbocycles. The highest BCUT2D eigenvalue weighted by Gasteiger charge is 2.40. The van der Waals surface area contributed by atoms with Gasteiger partial charge in [-0.05, 0) is 17.0 Å². The summed E-state index contributed by atoms with van der Waals surface area (Å²) in [6, 6.07) is 20.8. The zero-order chi connectivity index (χ0) is 16.9. The molecule has 0 radical (unpaired) electrons. The molecule has 2 aromatic carbocycles. The molecule has 1 saturated heterocycles. The molecule has 3 heteroatoms. The first kappa shape index (κ1) is 16.7. The van der Waals surface area contributed by atoms with Gasteiger partial charge in [0.15, 0.2) is 0 Å².